The molecule has 80 valence electrons. The number of rotatable bonds is 2. The third kappa shape index (κ3) is 1.68. The van der Waals surface area contributed by atoms with Gasteiger partial charge in [-0.25, -0.2) is 0 Å². The lowest BCUT2D eigenvalue weighted by atomic mass is 9.80. The molecule has 2 fully saturated rings. The van der Waals surface area contributed by atoms with Crippen molar-refractivity contribution in [3.63, 3.8) is 0 Å². The Morgan fingerprint density at radius 1 is 1.00 bits per heavy atom. The van der Waals surface area contributed by atoms with Crippen LogP contribution in [0.15, 0.2) is 0 Å². The van der Waals surface area contributed by atoms with Gasteiger partial charge in [-0.2, -0.15) is 0 Å². The van der Waals surface area contributed by atoms with Crippen LogP contribution in [0.25, 0.3) is 0 Å². The molecule has 1 saturated carbocycles. The highest BCUT2D eigenvalue weighted by Crippen LogP contribution is 2.36. The van der Waals surface area contributed by atoms with Crippen molar-refractivity contribution >= 4 is 17.2 Å². The molecule has 1 saturated heterocycles. The lowest BCUT2D eigenvalue weighted by molar-refractivity contribution is 0.139. The summed E-state index contributed by atoms with van der Waals surface area (Å²) in [4.78, 5) is 3.30. The lowest BCUT2D eigenvalue weighted by Gasteiger charge is -2.44. The number of hydrogen-bond acceptors (Lipinski definition) is 2. The van der Waals surface area contributed by atoms with Crippen LogP contribution in [0.5, 0.6) is 0 Å². The van der Waals surface area contributed by atoms with Gasteiger partial charge in [0.2, 0.25) is 0 Å². The Morgan fingerprint density at radius 3 is 2.07 bits per heavy atom. The summed E-state index contributed by atoms with van der Waals surface area (Å²) in [7, 11) is 0. The third-order valence-electron chi connectivity index (χ3n) is 3.85. The van der Waals surface area contributed by atoms with Gasteiger partial charge < -0.3 is 5.73 Å². The van der Waals surface area contributed by atoms with Gasteiger partial charge in [0, 0.05) is 0 Å². The van der Waals surface area contributed by atoms with Crippen molar-refractivity contribution in [1.29, 1.82) is 0 Å². The molecule has 14 heavy (non-hydrogen) atoms. The molecule has 3 heteroatoms. The van der Waals surface area contributed by atoms with E-state index in [1.165, 1.54) is 58.0 Å². The van der Waals surface area contributed by atoms with Crippen LogP contribution < -0.4 is 5.73 Å². The van der Waals surface area contributed by atoms with Crippen LogP contribution in [-0.4, -0.2) is 28.5 Å². The molecule has 0 bridgehead atoms. The van der Waals surface area contributed by atoms with E-state index in [9.17, 15) is 0 Å². The molecule has 0 aromatic carbocycles. The van der Waals surface area contributed by atoms with Gasteiger partial charge in [0.25, 0.3) is 0 Å². The highest BCUT2D eigenvalue weighted by atomic mass is 32.1. The van der Waals surface area contributed by atoms with E-state index in [0.717, 1.165) is 4.99 Å². The SMILES string of the molecule is NC(=S)C1(N2CCCC2)CCCCC1. The van der Waals surface area contributed by atoms with Crippen molar-refractivity contribution in [3.8, 4) is 0 Å². The summed E-state index contributed by atoms with van der Waals surface area (Å²) >= 11 is 5.30. The molecular formula is C11H20N2S. The number of thiocarbonyl (C=S) groups is 1. The Bertz CT molecular complexity index is 215. The fourth-order valence-corrected chi connectivity index (χ4v) is 3.33. The Morgan fingerprint density at radius 2 is 1.57 bits per heavy atom. The zero-order valence-electron chi connectivity index (χ0n) is 8.80. The maximum absolute atomic E-state index is 5.97. The molecule has 1 heterocycles. The summed E-state index contributed by atoms with van der Waals surface area (Å²) in [5.74, 6) is 0. The van der Waals surface area contributed by atoms with Gasteiger partial charge >= 0.3 is 0 Å². The zero-order chi connectivity index (χ0) is 10.0. The van der Waals surface area contributed by atoms with Gasteiger partial charge in [-0.05, 0) is 38.8 Å². The van der Waals surface area contributed by atoms with Crippen LogP contribution in [-0.2, 0) is 0 Å². The average molecular weight is 212 g/mol. The number of hydrogen-bond donors (Lipinski definition) is 1. The second-order valence-electron chi connectivity index (χ2n) is 4.65. The Balaban J connectivity index is 2.15. The highest BCUT2D eigenvalue weighted by molar-refractivity contribution is 7.80. The van der Waals surface area contributed by atoms with Gasteiger partial charge in [-0.1, -0.05) is 31.5 Å². The first-order valence-electron chi connectivity index (χ1n) is 5.81. The van der Waals surface area contributed by atoms with Crippen LogP contribution in [0.4, 0.5) is 0 Å². The van der Waals surface area contributed by atoms with E-state index < -0.39 is 0 Å². The molecule has 1 aliphatic heterocycles. The first kappa shape index (κ1) is 10.4. The van der Waals surface area contributed by atoms with Crippen molar-refractivity contribution in [2.24, 2.45) is 5.73 Å². The molecule has 0 atom stereocenters. The van der Waals surface area contributed by atoms with Gasteiger partial charge in [0.15, 0.2) is 0 Å². The van der Waals surface area contributed by atoms with E-state index in [4.69, 9.17) is 18.0 Å². The van der Waals surface area contributed by atoms with Crippen LogP contribution in [0.1, 0.15) is 44.9 Å². The number of likely N-dealkylation sites (tertiary alicyclic amines) is 1. The van der Waals surface area contributed by atoms with Gasteiger partial charge in [0.1, 0.15) is 0 Å². The fourth-order valence-electron chi connectivity index (χ4n) is 3.00. The smallest absolute Gasteiger partial charge is 0.0933 e. The minimum absolute atomic E-state index is 0.101. The third-order valence-corrected chi connectivity index (χ3v) is 4.23. The van der Waals surface area contributed by atoms with Crippen LogP contribution in [0.3, 0.4) is 0 Å². The Labute approximate surface area is 91.8 Å². The normalized spacial score (nSPS) is 27.7. The fraction of sp³-hybridized carbons (Fsp3) is 0.909. The summed E-state index contributed by atoms with van der Waals surface area (Å²) in [6.45, 7) is 2.41. The maximum atomic E-state index is 5.97. The molecule has 0 aromatic rings. The van der Waals surface area contributed by atoms with Crippen LogP contribution >= 0.6 is 12.2 Å². The molecule has 2 N–H and O–H groups in total. The van der Waals surface area contributed by atoms with Crippen molar-refractivity contribution in [2.75, 3.05) is 13.1 Å². The van der Waals surface area contributed by atoms with Crippen molar-refractivity contribution in [1.82, 2.24) is 4.90 Å². The predicted octanol–water partition coefficient (Wildman–Crippen LogP) is 2.07. The molecule has 0 spiro atoms. The first-order chi connectivity index (χ1) is 6.76. The maximum Gasteiger partial charge on any atom is 0.0933 e. The largest absolute Gasteiger partial charge is 0.392 e. The van der Waals surface area contributed by atoms with Crippen molar-refractivity contribution in [2.45, 2.75) is 50.5 Å². The summed E-state index contributed by atoms with van der Waals surface area (Å²) in [5.41, 5.74) is 6.07. The van der Waals surface area contributed by atoms with Crippen molar-refractivity contribution in [3.05, 3.63) is 0 Å². The van der Waals surface area contributed by atoms with E-state index in [1.807, 2.05) is 0 Å². The number of nitrogens with zero attached hydrogens (tertiary/aromatic N) is 1. The van der Waals surface area contributed by atoms with Crippen LogP contribution in [0.2, 0.25) is 0 Å². The topological polar surface area (TPSA) is 29.3 Å². The van der Waals surface area contributed by atoms with E-state index in [1.54, 1.807) is 0 Å². The second kappa shape index (κ2) is 4.15. The summed E-state index contributed by atoms with van der Waals surface area (Å²) in [5, 5.41) is 0. The number of nitrogens with two attached hydrogens (primary N) is 1. The molecule has 2 nitrogen and oxygen atoms in total. The predicted molar refractivity (Wildman–Crippen MR) is 63.4 cm³/mol. The van der Waals surface area contributed by atoms with Crippen molar-refractivity contribution < 1.29 is 0 Å². The standard InChI is InChI=1S/C11H20N2S/c12-10(14)11(6-2-1-3-7-11)13-8-4-5-9-13/h1-9H2,(H2,12,14). The van der Waals surface area contributed by atoms with Gasteiger partial charge in [-0.15, -0.1) is 0 Å². The molecule has 0 unspecified atom stereocenters. The van der Waals surface area contributed by atoms with Gasteiger partial charge in [-0.3, -0.25) is 4.90 Å². The minimum atomic E-state index is 0.101. The molecule has 0 amide bonds. The zero-order valence-corrected chi connectivity index (χ0v) is 9.61. The second-order valence-corrected chi connectivity index (χ2v) is 5.09. The molecular weight excluding hydrogens is 192 g/mol. The van der Waals surface area contributed by atoms with Gasteiger partial charge in [0.05, 0.1) is 10.5 Å². The lowest BCUT2D eigenvalue weighted by Crippen LogP contribution is -2.56. The molecule has 0 aromatic heterocycles. The van der Waals surface area contributed by atoms with E-state index in [-0.39, 0.29) is 5.54 Å². The minimum Gasteiger partial charge on any atom is -0.392 e. The quantitative estimate of drug-likeness (QED) is 0.711. The molecule has 2 aliphatic rings. The molecule has 1 aliphatic carbocycles. The van der Waals surface area contributed by atoms with E-state index in [0.29, 0.717) is 0 Å². The summed E-state index contributed by atoms with van der Waals surface area (Å²) < 4.78 is 0. The van der Waals surface area contributed by atoms with Crippen LogP contribution in [0, 0.1) is 0 Å². The van der Waals surface area contributed by atoms with E-state index >= 15 is 0 Å². The highest BCUT2D eigenvalue weighted by Gasteiger charge is 2.41. The first-order valence-corrected chi connectivity index (χ1v) is 6.21. The molecule has 0 radical (unpaired) electrons. The Kier molecular flexibility index (Phi) is 3.07. The Hall–Kier alpha value is -0.150. The average Bonchev–Trinajstić information content (AvgIpc) is 2.72. The monoisotopic (exact) mass is 212 g/mol. The summed E-state index contributed by atoms with van der Waals surface area (Å²) in [6, 6.07) is 0. The molecule has 2 rings (SSSR count). The van der Waals surface area contributed by atoms with E-state index in [2.05, 4.69) is 4.90 Å². The summed E-state index contributed by atoms with van der Waals surface area (Å²) in [6.07, 6.45) is 9.00.